The number of ether oxygens (including phenoxy) is 1. The van der Waals surface area contributed by atoms with Gasteiger partial charge in [-0.15, -0.1) is 11.8 Å². The summed E-state index contributed by atoms with van der Waals surface area (Å²) in [5.41, 5.74) is 3.38. The van der Waals surface area contributed by atoms with Gasteiger partial charge in [-0.3, -0.25) is 0 Å². The Bertz CT molecular complexity index is 568. The molecule has 2 heterocycles. The second kappa shape index (κ2) is 5.77. The molecular weight excluding hydrogens is 260 g/mol. The van der Waals surface area contributed by atoms with E-state index in [1.807, 2.05) is 17.8 Å². The first-order valence-corrected chi connectivity index (χ1v) is 7.28. The second-order valence-electron chi connectivity index (χ2n) is 4.39. The van der Waals surface area contributed by atoms with Crippen LogP contribution in [0.15, 0.2) is 33.7 Å². The van der Waals surface area contributed by atoms with Gasteiger partial charge in [-0.1, -0.05) is 17.3 Å². The zero-order valence-corrected chi connectivity index (χ0v) is 11.6. The number of hydrogen-bond acceptors (Lipinski definition) is 5. The summed E-state index contributed by atoms with van der Waals surface area (Å²) in [6, 6.07) is 8.31. The van der Waals surface area contributed by atoms with Crippen molar-refractivity contribution in [1.29, 1.82) is 0 Å². The molecule has 1 N–H and O–H groups in total. The maximum absolute atomic E-state index is 5.54. The number of benzene rings is 1. The highest BCUT2D eigenvalue weighted by molar-refractivity contribution is 7.98. The van der Waals surface area contributed by atoms with Crippen molar-refractivity contribution >= 4 is 11.8 Å². The minimum absolute atomic E-state index is 0.706. The van der Waals surface area contributed by atoms with Crippen LogP contribution in [0.25, 0.3) is 11.3 Å². The van der Waals surface area contributed by atoms with E-state index in [4.69, 9.17) is 9.26 Å². The highest BCUT2D eigenvalue weighted by Gasteiger charge is 2.23. The second-order valence-corrected chi connectivity index (χ2v) is 5.41. The first kappa shape index (κ1) is 12.7. The molecule has 0 saturated heterocycles. The lowest BCUT2D eigenvalue weighted by atomic mass is 10.1. The van der Waals surface area contributed by atoms with Crippen LogP contribution in [-0.2, 0) is 17.0 Å². The van der Waals surface area contributed by atoms with Gasteiger partial charge in [-0.2, -0.15) is 0 Å². The van der Waals surface area contributed by atoms with Crippen molar-refractivity contribution in [2.24, 2.45) is 0 Å². The van der Waals surface area contributed by atoms with Crippen LogP contribution < -0.4 is 5.32 Å². The van der Waals surface area contributed by atoms with Gasteiger partial charge in [0, 0.05) is 42.0 Å². The summed E-state index contributed by atoms with van der Waals surface area (Å²) in [6.45, 7) is 2.25. The molecule has 0 saturated carbocycles. The third kappa shape index (κ3) is 2.54. The van der Waals surface area contributed by atoms with E-state index in [9.17, 15) is 0 Å². The molecule has 2 aromatic rings. The van der Waals surface area contributed by atoms with E-state index in [-0.39, 0.29) is 0 Å². The maximum Gasteiger partial charge on any atom is 0.172 e. The van der Waals surface area contributed by atoms with Crippen molar-refractivity contribution in [2.45, 2.75) is 17.2 Å². The average Bonchev–Trinajstić information content (AvgIpc) is 2.87. The van der Waals surface area contributed by atoms with Gasteiger partial charge >= 0.3 is 0 Å². The number of nitrogens with zero attached hydrogens (tertiary/aromatic N) is 1. The molecule has 4 nitrogen and oxygen atoms in total. The Morgan fingerprint density at radius 3 is 3.21 bits per heavy atom. The Hall–Kier alpha value is -1.30. The van der Waals surface area contributed by atoms with Crippen molar-refractivity contribution in [3.63, 3.8) is 0 Å². The monoisotopic (exact) mass is 276 g/mol. The Morgan fingerprint density at radius 1 is 1.42 bits per heavy atom. The molecule has 3 rings (SSSR count). The molecular formula is C14H16N2O2S. The third-order valence-electron chi connectivity index (χ3n) is 3.15. The number of methoxy groups -OCH3 is 1. The zero-order chi connectivity index (χ0) is 13.1. The number of aromatic nitrogens is 1. The number of hydrogen-bond donors (Lipinski definition) is 1. The Labute approximate surface area is 116 Å². The van der Waals surface area contributed by atoms with E-state index in [1.54, 1.807) is 7.11 Å². The molecule has 0 bridgehead atoms. The van der Waals surface area contributed by atoms with E-state index in [1.165, 1.54) is 10.5 Å². The van der Waals surface area contributed by atoms with Crippen molar-refractivity contribution in [1.82, 2.24) is 10.5 Å². The molecule has 0 atom stereocenters. The predicted molar refractivity (Wildman–Crippen MR) is 75.1 cm³/mol. The summed E-state index contributed by atoms with van der Waals surface area (Å²) in [5, 5.41) is 7.51. The molecule has 1 aliphatic rings. The smallest absolute Gasteiger partial charge is 0.172 e. The summed E-state index contributed by atoms with van der Waals surface area (Å²) >= 11 is 1.84. The lowest BCUT2D eigenvalue weighted by Crippen LogP contribution is -2.19. The lowest BCUT2D eigenvalue weighted by molar-refractivity contribution is 0.199. The van der Waals surface area contributed by atoms with E-state index >= 15 is 0 Å². The molecule has 19 heavy (non-hydrogen) atoms. The molecule has 0 unspecified atom stereocenters. The highest BCUT2D eigenvalue weighted by Crippen LogP contribution is 2.42. The SMILES string of the molecule is COCCNCc1noc2c1CSc1ccccc1-2. The van der Waals surface area contributed by atoms with Crippen molar-refractivity contribution in [2.75, 3.05) is 20.3 Å². The summed E-state index contributed by atoms with van der Waals surface area (Å²) in [5.74, 6) is 1.86. The normalized spacial score (nSPS) is 13.1. The van der Waals surface area contributed by atoms with Gasteiger partial charge in [0.1, 0.15) is 5.69 Å². The predicted octanol–water partition coefficient (Wildman–Crippen LogP) is 2.68. The van der Waals surface area contributed by atoms with Gasteiger partial charge in [0.05, 0.1) is 6.61 Å². The summed E-state index contributed by atoms with van der Waals surface area (Å²) < 4.78 is 10.5. The van der Waals surface area contributed by atoms with Crippen LogP contribution in [0.2, 0.25) is 0 Å². The molecule has 5 heteroatoms. The molecule has 0 spiro atoms. The molecule has 1 aromatic carbocycles. The Kier molecular flexibility index (Phi) is 3.87. The Balaban J connectivity index is 1.79. The fraction of sp³-hybridized carbons (Fsp3) is 0.357. The molecule has 0 amide bonds. The average molecular weight is 276 g/mol. The third-order valence-corrected chi connectivity index (χ3v) is 4.25. The van der Waals surface area contributed by atoms with Crippen molar-refractivity contribution in [3.8, 4) is 11.3 Å². The highest BCUT2D eigenvalue weighted by atomic mass is 32.2. The van der Waals surface area contributed by atoms with Gasteiger partial charge in [-0.05, 0) is 12.1 Å². The van der Waals surface area contributed by atoms with E-state index < -0.39 is 0 Å². The summed E-state index contributed by atoms with van der Waals surface area (Å²) in [6.07, 6.45) is 0. The molecule has 1 aromatic heterocycles. The van der Waals surface area contributed by atoms with Gasteiger partial charge in [0.2, 0.25) is 0 Å². The van der Waals surface area contributed by atoms with Crippen LogP contribution in [0.1, 0.15) is 11.3 Å². The number of thioether (sulfide) groups is 1. The van der Waals surface area contributed by atoms with Crippen LogP contribution in [0.5, 0.6) is 0 Å². The topological polar surface area (TPSA) is 47.3 Å². The molecule has 0 aliphatic carbocycles. The number of nitrogens with one attached hydrogen (secondary N) is 1. The molecule has 100 valence electrons. The van der Waals surface area contributed by atoms with Crippen LogP contribution >= 0.6 is 11.8 Å². The van der Waals surface area contributed by atoms with Crippen molar-refractivity contribution < 1.29 is 9.26 Å². The molecule has 0 radical (unpaired) electrons. The van der Waals surface area contributed by atoms with Gasteiger partial charge in [-0.25, -0.2) is 0 Å². The Morgan fingerprint density at radius 2 is 2.32 bits per heavy atom. The quantitative estimate of drug-likeness (QED) is 0.851. The first-order valence-electron chi connectivity index (χ1n) is 6.29. The van der Waals surface area contributed by atoms with Gasteiger partial charge < -0.3 is 14.6 Å². The largest absolute Gasteiger partial charge is 0.383 e. The first-order chi connectivity index (χ1) is 9.40. The molecule has 0 fully saturated rings. The van der Waals surface area contributed by atoms with Gasteiger partial charge in [0.25, 0.3) is 0 Å². The fourth-order valence-electron chi connectivity index (χ4n) is 2.15. The van der Waals surface area contributed by atoms with E-state index in [0.717, 1.165) is 35.9 Å². The lowest BCUT2D eigenvalue weighted by Gasteiger charge is -2.13. The van der Waals surface area contributed by atoms with E-state index in [2.05, 4.69) is 28.7 Å². The fourth-order valence-corrected chi connectivity index (χ4v) is 3.24. The van der Waals surface area contributed by atoms with E-state index in [0.29, 0.717) is 6.61 Å². The van der Waals surface area contributed by atoms with Gasteiger partial charge in [0.15, 0.2) is 5.76 Å². The summed E-state index contributed by atoms with van der Waals surface area (Å²) in [4.78, 5) is 1.27. The standard InChI is InChI=1S/C14H16N2O2S/c1-17-7-6-15-8-12-11-9-19-13-5-3-2-4-10(13)14(11)18-16-12/h2-5,15H,6-9H2,1H3. The maximum atomic E-state index is 5.54. The minimum Gasteiger partial charge on any atom is -0.383 e. The number of fused-ring (bicyclic) bond motifs is 3. The van der Waals surface area contributed by atoms with Crippen LogP contribution in [-0.4, -0.2) is 25.4 Å². The summed E-state index contributed by atoms with van der Waals surface area (Å²) in [7, 11) is 1.70. The van der Waals surface area contributed by atoms with Crippen LogP contribution in [0.4, 0.5) is 0 Å². The zero-order valence-electron chi connectivity index (χ0n) is 10.8. The minimum atomic E-state index is 0.706. The van der Waals surface area contributed by atoms with Crippen molar-refractivity contribution in [3.05, 3.63) is 35.5 Å². The number of rotatable bonds is 5. The van der Waals surface area contributed by atoms with Crippen LogP contribution in [0.3, 0.4) is 0 Å². The molecule has 1 aliphatic heterocycles. The van der Waals surface area contributed by atoms with Crippen LogP contribution in [0, 0.1) is 0 Å².